The van der Waals surface area contributed by atoms with Crippen molar-refractivity contribution in [3.8, 4) is 0 Å². The maximum Gasteiger partial charge on any atom is 0.332 e. The lowest BCUT2D eigenvalue weighted by molar-refractivity contribution is 0.0779. The van der Waals surface area contributed by atoms with Gasteiger partial charge in [-0.1, -0.05) is 19.1 Å². The van der Waals surface area contributed by atoms with Crippen molar-refractivity contribution in [3.05, 3.63) is 46.7 Å². The van der Waals surface area contributed by atoms with Crippen molar-refractivity contribution < 1.29 is 18.5 Å². The normalized spacial score (nSPS) is 19.1. The molecule has 0 saturated heterocycles. The third-order valence-corrected chi connectivity index (χ3v) is 7.43. The fourth-order valence-electron chi connectivity index (χ4n) is 4.17. The van der Waals surface area contributed by atoms with Crippen LogP contribution < -0.4 is 10.0 Å². The smallest absolute Gasteiger partial charge is 0.332 e. The Bertz CT molecular complexity index is 1080. The van der Waals surface area contributed by atoms with Crippen molar-refractivity contribution in [2.75, 3.05) is 5.32 Å². The zero-order valence-corrected chi connectivity index (χ0v) is 18.4. The molecular weight excluding hydrogens is 402 g/mol. The fourth-order valence-corrected chi connectivity index (χ4v) is 5.06. The van der Waals surface area contributed by atoms with E-state index in [4.69, 9.17) is 9.20 Å². The Morgan fingerprint density at radius 1 is 1.33 bits per heavy atom. The molecule has 4 rings (SSSR count). The standard InChI is InChI=1S/C22H29N3O4S/c1-13(14-7-8-14)17-10-9-15-5-4-6-18(15)20(17)24-21(26)25-30(23,28)19-11-16(12-29-19)22(2,3)27/h9-14,27H,4-8H2,1-3H3,(H3,23,24,25,26,28)/t13-,30+/m0/s1. The average molecular weight is 432 g/mol. The number of fused-ring (bicyclic) bond motifs is 1. The predicted molar refractivity (Wildman–Crippen MR) is 115 cm³/mol. The van der Waals surface area contributed by atoms with E-state index in [9.17, 15) is 14.1 Å². The number of urea groups is 1. The van der Waals surface area contributed by atoms with Crippen molar-refractivity contribution in [3.63, 3.8) is 0 Å². The number of hydrogen-bond donors (Lipinski definition) is 4. The largest absolute Gasteiger partial charge is 0.452 e. The molecule has 0 bridgehead atoms. The highest BCUT2D eigenvalue weighted by molar-refractivity contribution is 7.91. The summed E-state index contributed by atoms with van der Waals surface area (Å²) < 4.78 is 28.4. The molecule has 4 N–H and O–H groups in total. The number of hydrogen-bond acceptors (Lipinski definition) is 5. The third kappa shape index (κ3) is 4.11. The van der Waals surface area contributed by atoms with Crippen molar-refractivity contribution in [1.29, 1.82) is 4.78 Å². The minimum absolute atomic E-state index is 0.195. The van der Waals surface area contributed by atoms with Gasteiger partial charge in [-0.15, -0.1) is 0 Å². The molecule has 0 radical (unpaired) electrons. The Kier molecular flexibility index (Phi) is 5.18. The van der Waals surface area contributed by atoms with Crippen LogP contribution in [0.5, 0.6) is 0 Å². The summed E-state index contributed by atoms with van der Waals surface area (Å²) in [5.41, 5.74) is 3.48. The topological polar surface area (TPSA) is 115 Å². The van der Waals surface area contributed by atoms with Crippen LogP contribution in [0.15, 0.2) is 34.0 Å². The summed E-state index contributed by atoms with van der Waals surface area (Å²) in [6.07, 6.45) is 6.60. The summed E-state index contributed by atoms with van der Waals surface area (Å²) >= 11 is 0. The first kappa shape index (κ1) is 20.9. The van der Waals surface area contributed by atoms with Gasteiger partial charge in [-0.05, 0) is 74.5 Å². The van der Waals surface area contributed by atoms with Gasteiger partial charge in [0.25, 0.3) is 0 Å². The van der Waals surface area contributed by atoms with E-state index in [1.807, 2.05) is 0 Å². The highest BCUT2D eigenvalue weighted by Crippen LogP contribution is 2.46. The van der Waals surface area contributed by atoms with Crippen LogP contribution in [-0.4, -0.2) is 15.3 Å². The second-order valence-electron chi connectivity index (χ2n) is 8.97. The van der Waals surface area contributed by atoms with Crippen LogP contribution in [0.1, 0.15) is 68.2 Å². The van der Waals surface area contributed by atoms with Gasteiger partial charge in [-0.2, -0.15) is 0 Å². The van der Waals surface area contributed by atoms with Crippen molar-refractivity contribution in [2.45, 2.75) is 69.5 Å². The van der Waals surface area contributed by atoms with Crippen LogP contribution in [-0.2, 0) is 28.4 Å². The van der Waals surface area contributed by atoms with E-state index in [1.165, 1.54) is 30.7 Å². The number of anilines is 1. The van der Waals surface area contributed by atoms with Crippen LogP contribution in [0.2, 0.25) is 0 Å². The average Bonchev–Trinajstić information content (AvgIpc) is 3.16. The third-order valence-electron chi connectivity index (χ3n) is 6.17. The van der Waals surface area contributed by atoms with Crippen LogP contribution in [0.4, 0.5) is 10.5 Å². The summed E-state index contributed by atoms with van der Waals surface area (Å²) in [5.74, 6) is 0.975. The first-order chi connectivity index (χ1) is 14.1. The Hall–Kier alpha value is -2.32. The number of carbonyl (C=O) groups excluding carboxylic acids is 1. The number of rotatable bonds is 6. The van der Waals surface area contributed by atoms with E-state index < -0.39 is 21.5 Å². The number of carbonyl (C=O) groups is 1. The SMILES string of the molecule is C[C@H](c1ccc2c(c1NC(=O)N[S@@](=N)(=O)c1cc(C(C)(C)O)co1)CCC2)C1CC1. The van der Waals surface area contributed by atoms with Crippen molar-refractivity contribution in [2.24, 2.45) is 5.92 Å². The highest BCUT2D eigenvalue weighted by Gasteiger charge is 2.32. The lowest BCUT2D eigenvalue weighted by atomic mass is 9.91. The number of furan rings is 1. The minimum atomic E-state index is -3.71. The Balaban J connectivity index is 1.57. The van der Waals surface area contributed by atoms with Gasteiger partial charge in [0, 0.05) is 17.3 Å². The fraction of sp³-hybridized carbons (Fsp3) is 0.500. The second-order valence-corrected chi connectivity index (χ2v) is 10.7. The first-order valence-electron chi connectivity index (χ1n) is 10.4. The molecule has 0 spiro atoms. The molecule has 1 fully saturated rings. The Labute approximate surface area is 177 Å². The maximum absolute atomic E-state index is 12.8. The van der Waals surface area contributed by atoms with E-state index in [0.29, 0.717) is 17.4 Å². The van der Waals surface area contributed by atoms with Gasteiger partial charge in [0.15, 0.2) is 9.92 Å². The van der Waals surface area contributed by atoms with E-state index in [0.717, 1.165) is 36.1 Å². The number of aryl methyl sites for hydroxylation is 1. The predicted octanol–water partition coefficient (Wildman–Crippen LogP) is 4.65. The molecule has 1 aromatic heterocycles. The maximum atomic E-state index is 12.8. The van der Waals surface area contributed by atoms with Gasteiger partial charge in [0.1, 0.15) is 0 Å². The molecular formula is C22H29N3O4S. The molecule has 2 aliphatic rings. The zero-order valence-electron chi connectivity index (χ0n) is 17.6. The lowest BCUT2D eigenvalue weighted by Gasteiger charge is -2.20. The summed E-state index contributed by atoms with van der Waals surface area (Å²) in [6, 6.07) is 4.91. The van der Waals surface area contributed by atoms with Gasteiger partial charge in [0.2, 0.25) is 5.09 Å². The van der Waals surface area contributed by atoms with E-state index in [-0.39, 0.29) is 5.09 Å². The molecule has 30 heavy (non-hydrogen) atoms. The van der Waals surface area contributed by atoms with E-state index >= 15 is 0 Å². The van der Waals surface area contributed by atoms with Crippen molar-refractivity contribution in [1.82, 2.24) is 4.72 Å². The van der Waals surface area contributed by atoms with Gasteiger partial charge in [0.05, 0.1) is 11.9 Å². The second kappa shape index (κ2) is 7.42. The summed E-state index contributed by atoms with van der Waals surface area (Å²) in [4.78, 5) is 12.8. The molecule has 2 aromatic rings. The molecule has 162 valence electrons. The summed E-state index contributed by atoms with van der Waals surface area (Å²) in [5, 5.41) is 12.8. The Morgan fingerprint density at radius 3 is 2.70 bits per heavy atom. The molecule has 0 aliphatic heterocycles. The molecule has 0 unspecified atom stereocenters. The van der Waals surface area contributed by atoms with Gasteiger partial charge in [-0.3, -0.25) is 0 Å². The zero-order chi connectivity index (χ0) is 21.7. The van der Waals surface area contributed by atoms with Crippen LogP contribution in [0.25, 0.3) is 0 Å². The van der Waals surface area contributed by atoms with Crippen LogP contribution in [0, 0.1) is 10.7 Å². The number of amides is 2. The lowest BCUT2D eigenvalue weighted by Crippen LogP contribution is -2.34. The molecule has 1 saturated carbocycles. The van der Waals surface area contributed by atoms with Crippen LogP contribution in [0.3, 0.4) is 0 Å². The molecule has 1 heterocycles. The monoisotopic (exact) mass is 431 g/mol. The molecule has 2 aliphatic carbocycles. The van der Waals surface area contributed by atoms with Crippen molar-refractivity contribution >= 4 is 21.6 Å². The molecule has 1 aromatic carbocycles. The summed E-state index contributed by atoms with van der Waals surface area (Å²) in [6.45, 7) is 5.31. The molecule has 2 amide bonds. The first-order valence-corrected chi connectivity index (χ1v) is 12.0. The summed E-state index contributed by atoms with van der Waals surface area (Å²) in [7, 11) is -3.71. The molecule has 7 nitrogen and oxygen atoms in total. The molecule has 2 atom stereocenters. The van der Waals surface area contributed by atoms with Gasteiger partial charge >= 0.3 is 6.03 Å². The van der Waals surface area contributed by atoms with Crippen LogP contribution >= 0.6 is 0 Å². The number of aliphatic hydroxyl groups is 1. The number of benzene rings is 1. The number of nitrogens with one attached hydrogen (secondary N) is 3. The quantitative estimate of drug-likeness (QED) is 0.533. The highest BCUT2D eigenvalue weighted by atomic mass is 32.2. The minimum Gasteiger partial charge on any atom is -0.452 e. The molecule has 8 heteroatoms. The van der Waals surface area contributed by atoms with E-state index in [1.54, 1.807) is 13.8 Å². The van der Waals surface area contributed by atoms with Gasteiger partial charge < -0.3 is 14.8 Å². The van der Waals surface area contributed by atoms with Gasteiger partial charge in [-0.25, -0.2) is 18.5 Å². The van der Waals surface area contributed by atoms with E-state index in [2.05, 4.69) is 29.1 Å². The Morgan fingerprint density at radius 2 is 2.07 bits per heavy atom.